The number of benzene rings is 2. The highest BCUT2D eigenvalue weighted by atomic mass is 35.5. The van der Waals surface area contributed by atoms with Gasteiger partial charge in [-0.2, -0.15) is 0 Å². The van der Waals surface area contributed by atoms with Crippen LogP contribution in [0.1, 0.15) is 46.7 Å². The van der Waals surface area contributed by atoms with E-state index in [1.54, 1.807) is 0 Å². The van der Waals surface area contributed by atoms with Crippen molar-refractivity contribution in [2.45, 2.75) is 25.2 Å². The van der Waals surface area contributed by atoms with E-state index in [9.17, 15) is 9.59 Å². The van der Waals surface area contributed by atoms with Crippen LogP contribution in [0.5, 0.6) is 0 Å². The van der Waals surface area contributed by atoms with Crippen LogP contribution in [0.3, 0.4) is 0 Å². The van der Waals surface area contributed by atoms with Gasteiger partial charge in [-0.1, -0.05) is 48.0 Å². The van der Waals surface area contributed by atoms with Crippen molar-refractivity contribution in [1.82, 2.24) is 0 Å². The molecule has 2 atom stereocenters. The summed E-state index contributed by atoms with van der Waals surface area (Å²) in [5.74, 6) is -0.356. The van der Waals surface area contributed by atoms with Gasteiger partial charge in [0.2, 0.25) is 0 Å². The highest BCUT2D eigenvalue weighted by molar-refractivity contribution is 6.31. The van der Waals surface area contributed by atoms with Gasteiger partial charge >= 0.3 is 0 Å². The Balaban J connectivity index is 1.77. The third-order valence-corrected chi connectivity index (χ3v) is 5.85. The molecule has 2 unspecified atom stereocenters. The molecule has 2 aromatic rings. The Labute approximate surface area is 156 Å². The smallest absolute Gasteiger partial charge is 0.181 e. The molecule has 128 valence electrons. The third-order valence-electron chi connectivity index (χ3n) is 5.61. The molecule has 3 aliphatic rings. The maximum Gasteiger partial charge on any atom is 0.181 e. The molecular formula is C22H16ClNO2. The van der Waals surface area contributed by atoms with Gasteiger partial charge in [-0.05, 0) is 36.1 Å². The van der Waals surface area contributed by atoms with Crippen LogP contribution in [0.2, 0.25) is 5.02 Å². The molecule has 26 heavy (non-hydrogen) atoms. The molecule has 3 nitrogen and oxygen atoms in total. The Kier molecular flexibility index (Phi) is 3.47. The summed E-state index contributed by atoms with van der Waals surface area (Å²) in [6.07, 6.45) is 2.14. The zero-order valence-electron chi connectivity index (χ0n) is 14.0. The lowest BCUT2D eigenvalue weighted by atomic mass is 9.71. The zero-order valence-corrected chi connectivity index (χ0v) is 14.8. The number of fused-ring (bicyclic) bond motifs is 3. The Bertz CT molecular complexity index is 1030. The Hall–Kier alpha value is -2.52. The molecule has 0 N–H and O–H groups in total. The number of Topliss-reactive ketones (excluding diaryl/α,β-unsaturated/α-hetero) is 2. The Morgan fingerprint density at radius 2 is 1.73 bits per heavy atom. The van der Waals surface area contributed by atoms with E-state index in [2.05, 4.69) is 0 Å². The fraction of sp³-hybridized carbons (Fsp3) is 0.227. The molecule has 0 fully saturated rings. The number of carbonyl (C=O) groups excluding carboxylic acids is 2. The van der Waals surface area contributed by atoms with Crippen LogP contribution in [0.15, 0.2) is 64.8 Å². The molecule has 0 amide bonds. The minimum atomic E-state index is -0.365. The summed E-state index contributed by atoms with van der Waals surface area (Å²) in [5, 5.41) is 0.638. The van der Waals surface area contributed by atoms with E-state index in [0.717, 1.165) is 35.3 Å². The zero-order chi connectivity index (χ0) is 17.8. The van der Waals surface area contributed by atoms with E-state index in [1.807, 2.05) is 48.5 Å². The topological polar surface area (TPSA) is 46.5 Å². The number of carbonyl (C=O) groups is 2. The molecule has 2 aliphatic carbocycles. The molecule has 0 bridgehead atoms. The minimum Gasteiger partial charge on any atom is -0.293 e. The van der Waals surface area contributed by atoms with Gasteiger partial charge in [0.1, 0.15) is 5.70 Å². The average molecular weight is 362 g/mol. The van der Waals surface area contributed by atoms with Gasteiger partial charge in [0.05, 0.1) is 11.6 Å². The maximum atomic E-state index is 13.2. The summed E-state index contributed by atoms with van der Waals surface area (Å²) in [6, 6.07) is 15.2. The molecule has 2 aromatic carbocycles. The first kappa shape index (κ1) is 15.7. The summed E-state index contributed by atoms with van der Waals surface area (Å²) < 4.78 is 0. The molecule has 1 aliphatic heterocycles. The van der Waals surface area contributed by atoms with Crippen molar-refractivity contribution < 1.29 is 9.59 Å². The number of aliphatic imine (C=N–C) groups is 1. The minimum absolute atomic E-state index is 0.0843. The lowest BCUT2D eigenvalue weighted by Gasteiger charge is -2.33. The predicted octanol–water partition coefficient (Wildman–Crippen LogP) is 4.75. The van der Waals surface area contributed by atoms with E-state index >= 15 is 0 Å². The molecular weight excluding hydrogens is 346 g/mol. The quantitative estimate of drug-likeness (QED) is 0.736. The molecule has 0 aromatic heterocycles. The summed E-state index contributed by atoms with van der Waals surface area (Å²) in [4.78, 5) is 30.5. The predicted molar refractivity (Wildman–Crippen MR) is 101 cm³/mol. The summed E-state index contributed by atoms with van der Waals surface area (Å²) >= 11 is 6.24. The van der Waals surface area contributed by atoms with Crippen LogP contribution in [0, 0.1) is 5.92 Å². The highest BCUT2D eigenvalue weighted by Gasteiger charge is 2.47. The van der Waals surface area contributed by atoms with Crippen molar-refractivity contribution in [3.05, 3.63) is 81.5 Å². The number of ketones is 2. The monoisotopic (exact) mass is 361 g/mol. The van der Waals surface area contributed by atoms with Gasteiger partial charge < -0.3 is 0 Å². The first-order valence-corrected chi connectivity index (χ1v) is 9.27. The Morgan fingerprint density at radius 1 is 0.923 bits per heavy atom. The largest absolute Gasteiger partial charge is 0.293 e. The van der Waals surface area contributed by atoms with E-state index in [-0.39, 0.29) is 23.4 Å². The SMILES string of the molecule is O=C1CCCC2=C1N=C1c3ccccc3C(=O)C1C2c1cccc(Cl)c1. The van der Waals surface area contributed by atoms with Crippen LogP contribution < -0.4 is 0 Å². The first-order valence-electron chi connectivity index (χ1n) is 8.89. The fourth-order valence-corrected chi connectivity index (χ4v) is 4.73. The third kappa shape index (κ3) is 2.17. The highest BCUT2D eigenvalue weighted by Crippen LogP contribution is 2.48. The molecule has 0 saturated heterocycles. The van der Waals surface area contributed by atoms with Gasteiger partial charge in [0.25, 0.3) is 0 Å². The van der Waals surface area contributed by atoms with E-state index in [0.29, 0.717) is 22.7 Å². The average Bonchev–Trinajstić information content (AvgIpc) is 2.93. The van der Waals surface area contributed by atoms with Crippen LogP contribution in [0.4, 0.5) is 0 Å². The molecule has 4 heteroatoms. The number of hydrogen-bond donors (Lipinski definition) is 0. The van der Waals surface area contributed by atoms with E-state index < -0.39 is 0 Å². The fourth-order valence-electron chi connectivity index (χ4n) is 4.53. The second-order valence-electron chi connectivity index (χ2n) is 7.07. The van der Waals surface area contributed by atoms with Crippen molar-refractivity contribution in [2.24, 2.45) is 10.9 Å². The van der Waals surface area contributed by atoms with E-state index in [1.165, 1.54) is 0 Å². The molecule has 0 spiro atoms. The molecule has 1 heterocycles. The van der Waals surface area contributed by atoms with Crippen LogP contribution in [0.25, 0.3) is 0 Å². The molecule has 5 rings (SSSR count). The van der Waals surface area contributed by atoms with Crippen molar-refractivity contribution in [2.75, 3.05) is 0 Å². The number of allylic oxidation sites excluding steroid dienone is 2. The number of hydrogen-bond acceptors (Lipinski definition) is 3. The number of halogens is 1. The van der Waals surface area contributed by atoms with Gasteiger partial charge in [0.15, 0.2) is 11.6 Å². The van der Waals surface area contributed by atoms with Gasteiger partial charge in [-0.15, -0.1) is 0 Å². The molecule has 0 radical (unpaired) electrons. The number of rotatable bonds is 1. The standard InChI is InChI=1S/C22H16ClNO2/c23-13-6-3-5-12(11-13)18-16-9-4-10-17(25)20(16)24-21-14-7-1-2-8-15(14)22(26)19(18)21/h1-3,5-8,11,18-19H,4,9-10H2. The lowest BCUT2D eigenvalue weighted by Crippen LogP contribution is -2.32. The van der Waals surface area contributed by atoms with Gasteiger partial charge in [-0.25, -0.2) is 4.99 Å². The number of nitrogens with zero attached hydrogens (tertiary/aromatic N) is 1. The van der Waals surface area contributed by atoms with Crippen molar-refractivity contribution in [1.29, 1.82) is 0 Å². The second kappa shape index (κ2) is 5.75. The Morgan fingerprint density at radius 3 is 2.54 bits per heavy atom. The normalized spacial score (nSPS) is 24.1. The van der Waals surface area contributed by atoms with Crippen LogP contribution in [-0.4, -0.2) is 17.3 Å². The summed E-state index contributed by atoms with van der Waals surface area (Å²) in [7, 11) is 0. The van der Waals surface area contributed by atoms with Crippen molar-refractivity contribution in [3.8, 4) is 0 Å². The van der Waals surface area contributed by atoms with E-state index in [4.69, 9.17) is 16.6 Å². The van der Waals surface area contributed by atoms with Crippen LogP contribution in [-0.2, 0) is 4.79 Å². The van der Waals surface area contributed by atoms with Crippen molar-refractivity contribution >= 4 is 28.9 Å². The summed E-state index contributed by atoms with van der Waals surface area (Å²) in [6.45, 7) is 0. The van der Waals surface area contributed by atoms with Crippen molar-refractivity contribution in [3.63, 3.8) is 0 Å². The van der Waals surface area contributed by atoms with Crippen LogP contribution >= 0.6 is 11.6 Å². The molecule has 0 saturated carbocycles. The first-order chi connectivity index (χ1) is 12.6. The van der Waals surface area contributed by atoms with Gasteiger partial charge in [-0.3, -0.25) is 9.59 Å². The summed E-state index contributed by atoms with van der Waals surface area (Å²) in [5.41, 5.74) is 4.85. The lowest BCUT2D eigenvalue weighted by molar-refractivity contribution is -0.116. The van der Waals surface area contributed by atoms with Gasteiger partial charge in [0, 0.05) is 28.5 Å². The second-order valence-corrected chi connectivity index (χ2v) is 7.50. The maximum absolute atomic E-state index is 13.2.